The second-order valence-electron chi connectivity index (χ2n) is 5.17. The first-order valence-corrected chi connectivity index (χ1v) is 6.77. The van der Waals surface area contributed by atoms with Crippen LogP contribution >= 0.6 is 0 Å². The summed E-state index contributed by atoms with van der Waals surface area (Å²) < 4.78 is 5.36. The number of rotatable bonds is 4. The van der Waals surface area contributed by atoms with Gasteiger partial charge in [0, 0.05) is 12.1 Å². The summed E-state index contributed by atoms with van der Waals surface area (Å²) in [6, 6.07) is 5.99. The lowest BCUT2D eigenvalue weighted by Crippen LogP contribution is -2.34. The van der Waals surface area contributed by atoms with E-state index < -0.39 is 0 Å². The van der Waals surface area contributed by atoms with Crippen LogP contribution in [0, 0.1) is 12.8 Å². The Morgan fingerprint density at radius 1 is 1.53 bits per heavy atom. The van der Waals surface area contributed by atoms with Gasteiger partial charge in [0.1, 0.15) is 5.75 Å². The van der Waals surface area contributed by atoms with E-state index in [9.17, 15) is 4.79 Å². The standard InChI is InChI=1S/C15H22N2O2/c1-10-4-5-14(19-3)13(8-10)11(2)17-15(18)12-6-7-16-9-12/h4-5,8,11-12,16H,6-7,9H2,1-3H3,(H,17,18). The van der Waals surface area contributed by atoms with Crippen LogP contribution in [0.5, 0.6) is 5.75 Å². The van der Waals surface area contributed by atoms with E-state index in [4.69, 9.17) is 4.74 Å². The van der Waals surface area contributed by atoms with E-state index in [1.165, 1.54) is 5.56 Å². The molecule has 1 heterocycles. The van der Waals surface area contributed by atoms with Gasteiger partial charge in [-0.2, -0.15) is 0 Å². The minimum atomic E-state index is -0.0389. The van der Waals surface area contributed by atoms with Crippen LogP contribution in [0.2, 0.25) is 0 Å². The van der Waals surface area contributed by atoms with Gasteiger partial charge in [-0.05, 0) is 32.9 Å². The number of methoxy groups -OCH3 is 1. The quantitative estimate of drug-likeness (QED) is 0.870. The highest BCUT2D eigenvalue weighted by molar-refractivity contribution is 5.79. The molecule has 1 aliphatic rings. The summed E-state index contributed by atoms with van der Waals surface area (Å²) in [6.07, 6.45) is 0.920. The third-order valence-corrected chi connectivity index (χ3v) is 3.64. The van der Waals surface area contributed by atoms with E-state index in [2.05, 4.69) is 16.7 Å². The molecular weight excluding hydrogens is 240 g/mol. The third kappa shape index (κ3) is 3.26. The average Bonchev–Trinajstić information content (AvgIpc) is 2.92. The Morgan fingerprint density at radius 3 is 2.95 bits per heavy atom. The lowest BCUT2D eigenvalue weighted by atomic mass is 10.0. The molecule has 0 aromatic heterocycles. The molecule has 1 aromatic carbocycles. The van der Waals surface area contributed by atoms with Crippen molar-refractivity contribution in [3.05, 3.63) is 29.3 Å². The van der Waals surface area contributed by atoms with Gasteiger partial charge in [0.15, 0.2) is 0 Å². The Kier molecular flexibility index (Phi) is 4.43. The number of aryl methyl sites for hydroxylation is 1. The van der Waals surface area contributed by atoms with E-state index in [0.717, 1.165) is 30.8 Å². The first kappa shape index (κ1) is 13.9. The molecule has 2 atom stereocenters. The van der Waals surface area contributed by atoms with E-state index in [0.29, 0.717) is 0 Å². The molecule has 104 valence electrons. The molecule has 4 heteroatoms. The highest BCUT2D eigenvalue weighted by Gasteiger charge is 2.24. The Labute approximate surface area is 114 Å². The molecule has 1 aromatic rings. The average molecular weight is 262 g/mol. The zero-order valence-electron chi connectivity index (χ0n) is 11.8. The minimum absolute atomic E-state index is 0.0389. The van der Waals surface area contributed by atoms with Crippen molar-refractivity contribution in [2.75, 3.05) is 20.2 Å². The third-order valence-electron chi connectivity index (χ3n) is 3.64. The van der Waals surface area contributed by atoms with Gasteiger partial charge in [0.25, 0.3) is 0 Å². The molecule has 0 aliphatic carbocycles. The zero-order valence-corrected chi connectivity index (χ0v) is 11.8. The predicted octanol–water partition coefficient (Wildman–Crippen LogP) is 1.79. The molecule has 2 N–H and O–H groups in total. The maximum absolute atomic E-state index is 12.1. The molecule has 0 spiro atoms. The van der Waals surface area contributed by atoms with Crippen molar-refractivity contribution in [3.63, 3.8) is 0 Å². The van der Waals surface area contributed by atoms with Crippen molar-refractivity contribution in [2.45, 2.75) is 26.3 Å². The maximum atomic E-state index is 12.1. The summed E-state index contributed by atoms with van der Waals surface area (Å²) in [5.74, 6) is 1.04. The van der Waals surface area contributed by atoms with Gasteiger partial charge in [0.2, 0.25) is 5.91 Å². The van der Waals surface area contributed by atoms with E-state index >= 15 is 0 Å². The normalized spacial score (nSPS) is 20.1. The predicted molar refractivity (Wildman–Crippen MR) is 75.3 cm³/mol. The summed E-state index contributed by atoms with van der Waals surface area (Å²) in [4.78, 5) is 12.1. The molecule has 1 amide bonds. The molecule has 2 rings (SSSR count). The monoisotopic (exact) mass is 262 g/mol. The minimum Gasteiger partial charge on any atom is -0.496 e. The molecule has 1 saturated heterocycles. The maximum Gasteiger partial charge on any atom is 0.224 e. The number of hydrogen-bond donors (Lipinski definition) is 2. The van der Waals surface area contributed by atoms with Gasteiger partial charge in [0.05, 0.1) is 19.1 Å². The first-order chi connectivity index (χ1) is 9.11. The highest BCUT2D eigenvalue weighted by atomic mass is 16.5. The van der Waals surface area contributed by atoms with Crippen molar-refractivity contribution in [2.24, 2.45) is 5.92 Å². The van der Waals surface area contributed by atoms with Crippen LogP contribution < -0.4 is 15.4 Å². The van der Waals surface area contributed by atoms with Crippen molar-refractivity contribution in [1.29, 1.82) is 0 Å². The largest absolute Gasteiger partial charge is 0.496 e. The van der Waals surface area contributed by atoms with E-state index in [-0.39, 0.29) is 17.9 Å². The number of hydrogen-bond acceptors (Lipinski definition) is 3. The molecule has 19 heavy (non-hydrogen) atoms. The summed E-state index contributed by atoms with van der Waals surface area (Å²) >= 11 is 0. The Hall–Kier alpha value is -1.55. The Balaban J connectivity index is 2.08. The molecule has 1 aliphatic heterocycles. The van der Waals surface area contributed by atoms with Gasteiger partial charge in [-0.1, -0.05) is 17.7 Å². The summed E-state index contributed by atoms with van der Waals surface area (Å²) in [5.41, 5.74) is 2.20. The van der Waals surface area contributed by atoms with Gasteiger partial charge >= 0.3 is 0 Å². The second-order valence-corrected chi connectivity index (χ2v) is 5.17. The van der Waals surface area contributed by atoms with Crippen molar-refractivity contribution in [3.8, 4) is 5.75 Å². The summed E-state index contributed by atoms with van der Waals surface area (Å²) in [7, 11) is 1.66. The first-order valence-electron chi connectivity index (χ1n) is 6.77. The summed E-state index contributed by atoms with van der Waals surface area (Å²) in [6.45, 7) is 5.75. The van der Waals surface area contributed by atoms with Gasteiger partial charge < -0.3 is 15.4 Å². The molecular formula is C15H22N2O2. The van der Waals surface area contributed by atoms with Crippen LogP contribution in [0.15, 0.2) is 18.2 Å². The zero-order chi connectivity index (χ0) is 13.8. The molecule has 0 bridgehead atoms. The van der Waals surface area contributed by atoms with Crippen molar-refractivity contribution >= 4 is 5.91 Å². The van der Waals surface area contributed by atoms with Crippen LogP contribution in [0.4, 0.5) is 0 Å². The van der Waals surface area contributed by atoms with Gasteiger partial charge in [-0.15, -0.1) is 0 Å². The van der Waals surface area contributed by atoms with Crippen molar-refractivity contribution < 1.29 is 9.53 Å². The highest BCUT2D eigenvalue weighted by Crippen LogP contribution is 2.26. The smallest absolute Gasteiger partial charge is 0.224 e. The summed E-state index contributed by atoms with van der Waals surface area (Å²) in [5, 5.41) is 6.29. The topological polar surface area (TPSA) is 50.4 Å². The van der Waals surface area contributed by atoms with Crippen LogP contribution in [0.1, 0.15) is 30.5 Å². The van der Waals surface area contributed by atoms with Crippen LogP contribution in [-0.2, 0) is 4.79 Å². The molecule has 0 radical (unpaired) electrons. The van der Waals surface area contributed by atoms with Crippen LogP contribution in [-0.4, -0.2) is 26.1 Å². The fraction of sp³-hybridized carbons (Fsp3) is 0.533. The lowest BCUT2D eigenvalue weighted by Gasteiger charge is -2.19. The van der Waals surface area contributed by atoms with Gasteiger partial charge in [-0.25, -0.2) is 0 Å². The number of benzene rings is 1. The molecule has 4 nitrogen and oxygen atoms in total. The Morgan fingerprint density at radius 2 is 2.32 bits per heavy atom. The Bertz CT molecular complexity index is 453. The fourth-order valence-electron chi connectivity index (χ4n) is 2.48. The molecule has 0 saturated carbocycles. The SMILES string of the molecule is COc1ccc(C)cc1C(C)NC(=O)C1CCNC1. The number of amides is 1. The number of ether oxygens (including phenoxy) is 1. The number of nitrogens with one attached hydrogen (secondary N) is 2. The number of carbonyl (C=O) groups excluding carboxylic acids is 1. The van der Waals surface area contributed by atoms with Crippen LogP contribution in [0.3, 0.4) is 0 Å². The number of carbonyl (C=O) groups is 1. The van der Waals surface area contributed by atoms with E-state index in [1.54, 1.807) is 7.11 Å². The molecule has 2 unspecified atom stereocenters. The van der Waals surface area contributed by atoms with Crippen molar-refractivity contribution in [1.82, 2.24) is 10.6 Å². The second kappa shape index (κ2) is 6.06. The van der Waals surface area contributed by atoms with Gasteiger partial charge in [-0.3, -0.25) is 4.79 Å². The van der Waals surface area contributed by atoms with Crippen LogP contribution in [0.25, 0.3) is 0 Å². The fourth-order valence-corrected chi connectivity index (χ4v) is 2.48. The van der Waals surface area contributed by atoms with E-state index in [1.807, 2.05) is 26.0 Å². The lowest BCUT2D eigenvalue weighted by molar-refractivity contribution is -0.125. The molecule has 1 fully saturated rings.